The molecule has 2 aliphatic rings. The predicted molar refractivity (Wildman–Crippen MR) is 112 cm³/mol. The Hall–Kier alpha value is -3.02. The van der Waals surface area contributed by atoms with Crippen molar-refractivity contribution in [3.8, 4) is 0 Å². The molecule has 0 radical (unpaired) electrons. The van der Waals surface area contributed by atoms with E-state index in [4.69, 9.17) is 0 Å². The standard InChI is InChI=1S/C22H25N5O/c1-16(17-6-3-4-8-20-18(13-17)7-5-10-23-20)12-21-22(28)9-11-27(25-21)19-14-24-26(2)15-19/h4-5,7-11,13-14,16,19H,3,6,12,15H2,1-2H3. The lowest BCUT2D eigenvalue weighted by atomic mass is 9.89. The van der Waals surface area contributed by atoms with Crippen molar-refractivity contribution >= 4 is 18.4 Å². The van der Waals surface area contributed by atoms with E-state index in [0.29, 0.717) is 12.1 Å². The number of nitrogens with zero attached hydrogens (tertiary/aromatic N) is 5. The van der Waals surface area contributed by atoms with Gasteiger partial charge in [-0.1, -0.05) is 30.7 Å². The third-order valence-corrected chi connectivity index (χ3v) is 5.35. The van der Waals surface area contributed by atoms with E-state index in [1.54, 1.807) is 12.3 Å². The highest BCUT2D eigenvalue weighted by atomic mass is 16.1. The van der Waals surface area contributed by atoms with Gasteiger partial charge in [-0.25, -0.2) is 0 Å². The second-order valence-corrected chi connectivity index (χ2v) is 7.52. The molecule has 2 unspecified atom stereocenters. The van der Waals surface area contributed by atoms with Crippen LogP contribution in [0.15, 0.2) is 52.1 Å². The average Bonchev–Trinajstić information content (AvgIpc) is 3.10. The van der Waals surface area contributed by atoms with Crippen LogP contribution in [0.1, 0.15) is 42.8 Å². The van der Waals surface area contributed by atoms with Crippen LogP contribution >= 0.6 is 0 Å². The molecule has 1 aliphatic heterocycles. The molecule has 1 aliphatic carbocycles. The van der Waals surface area contributed by atoms with Crippen LogP contribution in [0.3, 0.4) is 0 Å². The van der Waals surface area contributed by atoms with Crippen LogP contribution in [0.2, 0.25) is 0 Å². The van der Waals surface area contributed by atoms with Crippen molar-refractivity contribution in [2.45, 2.75) is 32.2 Å². The number of rotatable bonds is 4. The number of allylic oxidation sites excluding steroid dienone is 2. The summed E-state index contributed by atoms with van der Waals surface area (Å²) in [4.78, 5) is 16.9. The first-order valence-electron chi connectivity index (χ1n) is 9.76. The fourth-order valence-corrected chi connectivity index (χ4v) is 3.71. The Labute approximate surface area is 164 Å². The maximum absolute atomic E-state index is 12.4. The van der Waals surface area contributed by atoms with Crippen LogP contribution in [-0.2, 0) is 6.42 Å². The zero-order valence-corrected chi connectivity index (χ0v) is 16.3. The number of aromatic nitrogens is 3. The minimum atomic E-state index is -0.000188. The van der Waals surface area contributed by atoms with Gasteiger partial charge in [0.15, 0.2) is 0 Å². The molecule has 144 valence electrons. The van der Waals surface area contributed by atoms with Gasteiger partial charge in [-0.05, 0) is 30.9 Å². The Morgan fingerprint density at radius 3 is 3.04 bits per heavy atom. The molecule has 2 aromatic rings. The smallest absolute Gasteiger partial charge is 0.203 e. The predicted octanol–water partition coefficient (Wildman–Crippen LogP) is 3.18. The summed E-state index contributed by atoms with van der Waals surface area (Å²) >= 11 is 0. The van der Waals surface area contributed by atoms with Gasteiger partial charge in [-0.3, -0.25) is 19.5 Å². The Morgan fingerprint density at radius 1 is 1.32 bits per heavy atom. The highest BCUT2D eigenvalue weighted by molar-refractivity contribution is 5.65. The lowest BCUT2D eigenvalue weighted by molar-refractivity contribution is 0.347. The van der Waals surface area contributed by atoms with Crippen LogP contribution < -0.4 is 5.43 Å². The lowest BCUT2D eigenvalue weighted by Crippen LogP contribution is -2.25. The van der Waals surface area contributed by atoms with Crippen molar-refractivity contribution < 1.29 is 0 Å². The van der Waals surface area contributed by atoms with Gasteiger partial charge in [0.1, 0.15) is 11.7 Å². The van der Waals surface area contributed by atoms with Gasteiger partial charge < -0.3 is 0 Å². The number of hydrogen-bond acceptors (Lipinski definition) is 5. The highest BCUT2D eigenvalue weighted by Crippen LogP contribution is 2.26. The molecule has 2 atom stereocenters. The molecular weight excluding hydrogens is 350 g/mol. The molecule has 3 heterocycles. The van der Waals surface area contributed by atoms with Crippen molar-refractivity contribution in [1.82, 2.24) is 19.8 Å². The number of fused-ring (bicyclic) bond motifs is 1. The number of pyridine rings is 1. The monoisotopic (exact) mass is 375 g/mol. The SMILES string of the molecule is CC(Cc1nn(C2C=NN(C)C2)ccc1=O)C1=Cc2cccnc2C=CCC1. The molecule has 0 aromatic carbocycles. The largest absolute Gasteiger partial charge is 0.298 e. The fourth-order valence-electron chi connectivity index (χ4n) is 3.71. The Bertz CT molecular complexity index is 1000. The zero-order valence-electron chi connectivity index (χ0n) is 16.3. The van der Waals surface area contributed by atoms with Crippen LogP contribution in [0.5, 0.6) is 0 Å². The van der Waals surface area contributed by atoms with Crippen molar-refractivity contribution in [3.63, 3.8) is 0 Å². The summed E-state index contributed by atoms with van der Waals surface area (Å²) < 4.78 is 1.85. The number of likely N-dealkylation sites (N-methyl/N-ethyl adjacent to an activating group) is 1. The maximum Gasteiger partial charge on any atom is 0.203 e. The minimum absolute atomic E-state index is 0.000188. The lowest BCUT2D eigenvalue weighted by Gasteiger charge is -2.18. The zero-order chi connectivity index (χ0) is 19.5. The quantitative estimate of drug-likeness (QED) is 0.823. The highest BCUT2D eigenvalue weighted by Gasteiger charge is 2.19. The molecule has 0 bridgehead atoms. The normalized spacial score (nSPS) is 19.7. The first-order chi connectivity index (χ1) is 13.6. The second kappa shape index (κ2) is 7.92. The molecular formula is C22H25N5O. The molecule has 0 fully saturated rings. The van der Waals surface area contributed by atoms with Crippen molar-refractivity contribution in [1.29, 1.82) is 0 Å². The third kappa shape index (κ3) is 3.96. The van der Waals surface area contributed by atoms with E-state index in [-0.39, 0.29) is 17.4 Å². The Kier molecular flexibility index (Phi) is 5.19. The van der Waals surface area contributed by atoms with Crippen LogP contribution in [0.4, 0.5) is 0 Å². The van der Waals surface area contributed by atoms with E-state index in [0.717, 1.165) is 30.6 Å². The number of hydrogen-bond donors (Lipinski definition) is 0. The first-order valence-corrected chi connectivity index (χ1v) is 9.76. The van der Waals surface area contributed by atoms with E-state index in [2.05, 4.69) is 46.4 Å². The summed E-state index contributed by atoms with van der Waals surface area (Å²) in [5, 5.41) is 10.8. The van der Waals surface area contributed by atoms with Gasteiger partial charge in [0, 0.05) is 37.5 Å². The summed E-state index contributed by atoms with van der Waals surface area (Å²) in [7, 11) is 1.93. The molecule has 0 saturated carbocycles. The Morgan fingerprint density at radius 2 is 2.21 bits per heavy atom. The summed E-state index contributed by atoms with van der Waals surface area (Å²) in [6.45, 7) is 2.95. The van der Waals surface area contributed by atoms with E-state index in [9.17, 15) is 4.79 Å². The van der Waals surface area contributed by atoms with Crippen LogP contribution in [0, 0.1) is 5.92 Å². The van der Waals surface area contributed by atoms with E-state index in [1.807, 2.05) is 35.2 Å². The molecule has 0 amide bonds. The Balaban J connectivity index is 1.58. The van der Waals surface area contributed by atoms with Crippen molar-refractivity contribution in [2.75, 3.05) is 13.6 Å². The summed E-state index contributed by atoms with van der Waals surface area (Å²) in [5.74, 6) is 0.232. The molecule has 6 nitrogen and oxygen atoms in total. The van der Waals surface area contributed by atoms with Crippen LogP contribution in [-0.4, -0.2) is 39.6 Å². The van der Waals surface area contributed by atoms with Crippen molar-refractivity contribution in [2.24, 2.45) is 11.0 Å². The number of hydrazone groups is 1. The van der Waals surface area contributed by atoms with Gasteiger partial charge in [0.25, 0.3) is 0 Å². The molecule has 2 aromatic heterocycles. The summed E-state index contributed by atoms with van der Waals surface area (Å²) in [6, 6.07) is 5.75. The molecule has 0 saturated heterocycles. The molecule has 28 heavy (non-hydrogen) atoms. The topological polar surface area (TPSA) is 63.4 Å². The molecule has 6 heteroatoms. The summed E-state index contributed by atoms with van der Waals surface area (Å²) in [6.07, 6.45) is 14.5. The van der Waals surface area contributed by atoms with Crippen LogP contribution in [0.25, 0.3) is 12.2 Å². The van der Waals surface area contributed by atoms with Crippen molar-refractivity contribution in [3.05, 3.63) is 69.4 Å². The first kappa shape index (κ1) is 18.3. The van der Waals surface area contributed by atoms with Gasteiger partial charge in [-0.15, -0.1) is 0 Å². The second-order valence-electron chi connectivity index (χ2n) is 7.52. The third-order valence-electron chi connectivity index (χ3n) is 5.35. The minimum Gasteiger partial charge on any atom is -0.298 e. The molecule has 0 spiro atoms. The average molecular weight is 375 g/mol. The van der Waals surface area contributed by atoms with Gasteiger partial charge in [0.05, 0.1) is 18.5 Å². The van der Waals surface area contributed by atoms with E-state index in [1.165, 1.54) is 5.57 Å². The molecule has 4 rings (SSSR count). The van der Waals surface area contributed by atoms with E-state index >= 15 is 0 Å². The van der Waals surface area contributed by atoms with E-state index < -0.39 is 0 Å². The fraction of sp³-hybridized carbons (Fsp3) is 0.364. The summed E-state index contributed by atoms with van der Waals surface area (Å²) in [5.41, 5.74) is 4.07. The molecule has 0 N–H and O–H groups in total. The van der Waals surface area contributed by atoms with Gasteiger partial charge in [-0.2, -0.15) is 10.2 Å². The van der Waals surface area contributed by atoms with Gasteiger partial charge >= 0.3 is 0 Å². The maximum atomic E-state index is 12.4. The van der Waals surface area contributed by atoms with Gasteiger partial charge in [0.2, 0.25) is 5.43 Å².